The quantitative estimate of drug-likeness (QED) is 0.441. The van der Waals surface area contributed by atoms with Gasteiger partial charge >= 0.3 is 6.03 Å². The molecule has 5 rings (SSSR count). The normalized spacial score (nSPS) is 23.4. The topological polar surface area (TPSA) is 110 Å². The molecular weight excluding hydrogens is 454 g/mol. The lowest BCUT2D eigenvalue weighted by Gasteiger charge is -2.36. The lowest BCUT2D eigenvalue weighted by molar-refractivity contribution is 0.185. The molecule has 9 heteroatoms. The molecule has 4 aliphatic rings. The molecule has 9 nitrogen and oxygen atoms in total. The number of amides is 2. The number of fused-ring (bicyclic) bond motifs is 1. The van der Waals surface area contributed by atoms with E-state index in [0.29, 0.717) is 37.0 Å². The zero-order valence-corrected chi connectivity index (χ0v) is 21.9. The molecule has 196 valence electrons. The number of aryl methyl sites for hydroxylation is 1. The minimum Gasteiger partial charge on any atom is -0.402 e. The molecule has 0 aliphatic carbocycles. The first-order valence-electron chi connectivity index (χ1n) is 13.2. The van der Waals surface area contributed by atoms with Crippen molar-refractivity contribution in [3.05, 3.63) is 40.6 Å². The third kappa shape index (κ3) is 5.83. The van der Waals surface area contributed by atoms with Crippen molar-refractivity contribution in [2.45, 2.75) is 44.9 Å². The Labute approximate surface area is 214 Å². The Morgan fingerprint density at radius 1 is 1.31 bits per heavy atom. The van der Waals surface area contributed by atoms with E-state index < -0.39 is 0 Å². The monoisotopic (exact) mass is 495 g/mol. The van der Waals surface area contributed by atoms with Crippen molar-refractivity contribution in [1.29, 1.82) is 5.41 Å². The summed E-state index contributed by atoms with van der Waals surface area (Å²) in [5.41, 5.74) is 11.3. The number of nitrogens with one attached hydrogen (secondary N) is 2. The molecule has 2 amide bonds. The Morgan fingerprint density at radius 3 is 2.78 bits per heavy atom. The van der Waals surface area contributed by atoms with Crippen LogP contribution in [0.4, 0.5) is 10.5 Å². The highest BCUT2D eigenvalue weighted by Crippen LogP contribution is 2.33. The third-order valence-electron chi connectivity index (χ3n) is 7.60. The number of carbonyl (C=O) groups is 1. The fourth-order valence-electron chi connectivity index (χ4n) is 5.25. The first kappa shape index (κ1) is 26.0. The Kier molecular flexibility index (Phi) is 8.51. The fraction of sp³-hybridized carbons (Fsp3) is 0.593. The third-order valence-corrected chi connectivity index (χ3v) is 7.60. The summed E-state index contributed by atoms with van der Waals surface area (Å²) in [4.78, 5) is 15.8. The largest absolute Gasteiger partial charge is 0.402 e. The summed E-state index contributed by atoms with van der Waals surface area (Å²) in [6.07, 6.45) is 7.18. The molecule has 4 N–H and O–H groups in total. The maximum absolute atomic E-state index is 12.1. The standard InChI is InChI=1S/C21H29N7O.C6H12O/c1-24-21(29)27-9-7-18(22)17(13-27)20(23)28-8-3-4-15-10-14(5-6-19(15)28)16-11-25-26(2)12-16;1-2-6-3-4-7-5-6/h5-6,10-11,16,23H,3-4,7-9,12-13,22H2,1-2H3,(H,24,29);6H,2-5H2,1H3/t;6-/m.0/s1. The van der Waals surface area contributed by atoms with Crippen molar-refractivity contribution >= 4 is 23.8 Å². The number of urea groups is 1. The zero-order valence-electron chi connectivity index (χ0n) is 21.9. The molecule has 1 unspecified atom stereocenters. The number of amidine groups is 1. The number of hydrazone groups is 1. The molecule has 0 bridgehead atoms. The number of benzene rings is 1. The van der Waals surface area contributed by atoms with Crippen LogP contribution in [0.3, 0.4) is 0 Å². The average Bonchev–Trinajstić information content (AvgIpc) is 3.60. The van der Waals surface area contributed by atoms with E-state index in [1.807, 2.05) is 23.2 Å². The van der Waals surface area contributed by atoms with Gasteiger partial charge in [0.15, 0.2) is 0 Å². The van der Waals surface area contributed by atoms with Crippen LogP contribution < -0.4 is 16.0 Å². The van der Waals surface area contributed by atoms with Gasteiger partial charge in [0.2, 0.25) is 0 Å². The van der Waals surface area contributed by atoms with Crippen LogP contribution in [-0.2, 0) is 11.2 Å². The number of likely N-dealkylation sites (N-methyl/N-ethyl adjacent to an activating group) is 1. The summed E-state index contributed by atoms with van der Waals surface area (Å²) in [6, 6.07) is 6.41. The lowest BCUT2D eigenvalue weighted by Crippen LogP contribution is -2.47. The van der Waals surface area contributed by atoms with Crippen molar-refractivity contribution in [3.8, 4) is 0 Å². The molecule has 1 fully saturated rings. The van der Waals surface area contributed by atoms with Gasteiger partial charge in [0.1, 0.15) is 5.84 Å². The number of nitrogens with zero attached hydrogens (tertiary/aromatic N) is 4. The van der Waals surface area contributed by atoms with Crippen molar-refractivity contribution in [1.82, 2.24) is 15.2 Å². The number of carbonyl (C=O) groups excluding carboxylic acids is 1. The fourth-order valence-corrected chi connectivity index (χ4v) is 5.25. The summed E-state index contributed by atoms with van der Waals surface area (Å²) in [7, 11) is 3.61. The van der Waals surface area contributed by atoms with Crippen LogP contribution in [0.2, 0.25) is 0 Å². The van der Waals surface area contributed by atoms with E-state index in [2.05, 4.69) is 35.5 Å². The summed E-state index contributed by atoms with van der Waals surface area (Å²) in [5, 5.41) is 17.9. The number of hydrogen-bond donors (Lipinski definition) is 3. The lowest BCUT2D eigenvalue weighted by atomic mass is 9.93. The molecule has 2 atom stereocenters. The number of ether oxygens (including phenoxy) is 1. The highest BCUT2D eigenvalue weighted by molar-refractivity contribution is 6.09. The molecule has 0 spiro atoms. The number of hydrogen-bond acceptors (Lipinski definition) is 6. The Balaban J connectivity index is 0.000000375. The van der Waals surface area contributed by atoms with Gasteiger partial charge in [0.05, 0.1) is 6.54 Å². The van der Waals surface area contributed by atoms with Gasteiger partial charge in [-0.3, -0.25) is 10.4 Å². The molecule has 4 heterocycles. The maximum atomic E-state index is 12.1. The van der Waals surface area contributed by atoms with Gasteiger partial charge in [-0.15, -0.1) is 0 Å². The Hall–Kier alpha value is -3.07. The number of nitrogens with two attached hydrogens (primary N) is 1. The summed E-state index contributed by atoms with van der Waals surface area (Å²) < 4.78 is 5.15. The predicted molar refractivity (Wildman–Crippen MR) is 145 cm³/mol. The van der Waals surface area contributed by atoms with Crippen LogP contribution in [0.25, 0.3) is 0 Å². The minimum absolute atomic E-state index is 0.130. The molecule has 0 radical (unpaired) electrons. The van der Waals surface area contributed by atoms with Gasteiger partial charge < -0.3 is 25.6 Å². The average molecular weight is 496 g/mol. The van der Waals surface area contributed by atoms with E-state index in [9.17, 15) is 4.79 Å². The summed E-state index contributed by atoms with van der Waals surface area (Å²) in [5.74, 6) is 1.60. The Bertz CT molecular complexity index is 1020. The van der Waals surface area contributed by atoms with E-state index in [4.69, 9.17) is 15.9 Å². The molecule has 36 heavy (non-hydrogen) atoms. The van der Waals surface area contributed by atoms with Crippen molar-refractivity contribution in [2.24, 2.45) is 16.8 Å². The first-order chi connectivity index (χ1) is 17.4. The van der Waals surface area contributed by atoms with Crippen LogP contribution in [0.15, 0.2) is 34.6 Å². The summed E-state index contributed by atoms with van der Waals surface area (Å²) in [6.45, 7) is 6.87. The second kappa shape index (κ2) is 11.8. The SMILES string of the molecule is CC[C@H]1CCOC1.CNC(=O)N1CCC(N)=C(C(=N)N2CCCc3cc(C4C=NN(C)C4)ccc32)C1. The molecular formula is C27H41N7O2. The van der Waals surface area contributed by atoms with E-state index >= 15 is 0 Å². The van der Waals surface area contributed by atoms with E-state index in [1.165, 1.54) is 24.0 Å². The van der Waals surface area contributed by atoms with Crippen LogP contribution in [0.1, 0.15) is 49.7 Å². The van der Waals surface area contributed by atoms with E-state index in [1.54, 1.807) is 11.9 Å². The van der Waals surface area contributed by atoms with Crippen LogP contribution in [0.5, 0.6) is 0 Å². The van der Waals surface area contributed by atoms with Crippen molar-refractivity contribution < 1.29 is 9.53 Å². The minimum atomic E-state index is -0.130. The number of rotatable bonds is 3. The van der Waals surface area contributed by atoms with Gasteiger partial charge in [0.25, 0.3) is 0 Å². The van der Waals surface area contributed by atoms with Gasteiger partial charge in [-0.05, 0) is 42.4 Å². The molecule has 4 aliphatic heterocycles. The van der Waals surface area contributed by atoms with Gasteiger partial charge in [-0.25, -0.2) is 4.79 Å². The molecule has 1 aromatic rings. The Morgan fingerprint density at radius 2 is 2.14 bits per heavy atom. The van der Waals surface area contributed by atoms with Gasteiger partial charge in [-0.2, -0.15) is 5.10 Å². The van der Waals surface area contributed by atoms with E-state index in [-0.39, 0.29) is 6.03 Å². The first-order valence-corrected chi connectivity index (χ1v) is 13.2. The van der Waals surface area contributed by atoms with Crippen molar-refractivity contribution in [2.75, 3.05) is 58.4 Å². The number of anilines is 1. The van der Waals surface area contributed by atoms with Gasteiger partial charge in [-0.1, -0.05) is 25.5 Å². The molecule has 1 saturated heterocycles. The smallest absolute Gasteiger partial charge is 0.317 e. The highest BCUT2D eigenvalue weighted by atomic mass is 16.5. The molecule has 1 aromatic carbocycles. The molecule has 0 saturated carbocycles. The van der Waals surface area contributed by atoms with E-state index in [0.717, 1.165) is 56.3 Å². The van der Waals surface area contributed by atoms with Crippen molar-refractivity contribution in [3.63, 3.8) is 0 Å². The maximum Gasteiger partial charge on any atom is 0.317 e. The molecule has 0 aromatic heterocycles. The van der Waals surface area contributed by atoms with Gasteiger partial charge in [0, 0.05) is 82.5 Å². The summed E-state index contributed by atoms with van der Waals surface area (Å²) >= 11 is 0. The highest BCUT2D eigenvalue weighted by Gasteiger charge is 2.29. The zero-order chi connectivity index (χ0) is 25.7. The predicted octanol–water partition coefficient (Wildman–Crippen LogP) is 3.12. The second-order valence-electron chi connectivity index (χ2n) is 10.1. The van der Waals surface area contributed by atoms with Crippen LogP contribution in [0, 0.1) is 11.3 Å². The van der Waals surface area contributed by atoms with Crippen LogP contribution in [-0.4, -0.2) is 81.5 Å². The second-order valence-corrected chi connectivity index (χ2v) is 10.1. The van der Waals surface area contributed by atoms with Crippen LogP contribution >= 0.6 is 0 Å².